The molecule has 3 rings (SSSR count). The highest BCUT2D eigenvalue weighted by molar-refractivity contribution is 5.99. The Morgan fingerprint density at radius 2 is 1.77 bits per heavy atom. The first-order chi connectivity index (χ1) is 12.3. The largest absolute Gasteiger partial charge is 0.417 e. The molecule has 140 valence electrons. The Morgan fingerprint density at radius 3 is 2.31 bits per heavy atom. The number of aromatic amines is 1. The second-order valence-corrected chi connectivity index (χ2v) is 5.73. The van der Waals surface area contributed by atoms with Crippen LogP contribution >= 0.6 is 0 Å². The third-order valence-electron chi connectivity index (χ3n) is 3.93. The van der Waals surface area contributed by atoms with Crippen molar-refractivity contribution in [3.8, 4) is 0 Å². The van der Waals surface area contributed by atoms with Crippen LogP contribution in [0.1, 0.15) is 28.8 Å². The SMILES string of the molecule is CNC(=O)c1ccccc1N1CCCC1.O=c1ccc(C(F)(F)F)c[nH]1. The number of amides is 1. The maximum absolute atomic E-state index is 11.8. The van der Waals surface area contributed by atoms with Crippen LogP contribution in [0.15, 0.2) is 47.4 Å². The van der Waals surface area contributed by atoms with Gasteiger partial charge in [-0.25, -0.2) is 0 Å². The van der Waals surface area contributed by atoms with E-state index >= 15 is 0 Å². The molecule has 26 heavy (non-hydrogen) atoms. The van der Waals surface area contributed by atoms with Crippen molar-refractivity contribution in [3.63, 3.8) is 0 Å². The van der Waals surface area contributed by atoms with E-state index in [-0.39, 0.29) is 5.91 Å². The van der Waals surface area contributed by atoms with E-state index < -0.39 is 17.3 Å². The van der Waals surface area contributed by atoms with Gasteiger partial charge in [-0.1, -0.05) is 12.1 Å². The third-order valence-corrected chi connectivity index (χ3v) is 3.93. The van der Waals surface area contributed by atoms with Crippen molar-refractivity contribution in [1.82, 2.24) is 10.3 Å². The summed E-state index contributed by atoms with van der Waals surface area (Å²) in [6, 6.07) is 9.37. The van der Waals surface area contributed by atoms with Crippen molar-refractivity contribution in [2.24, 2.45) is 0 Å². The summed E-state index contributed by atoms with van der Waals surface area (Å²) in [7, 11) is 1.67. The van der Waals surface area contributed by atoms with Crippen LogP contribution in [0.5, 0.6) is 0 Å². The van der Waals surface area contributed by atoms with Gasteiger partial charge in [0.15, 0.2) is 0 Å². The number of para-hydroxylation sites is 1. The van der Waals surface area contributed by atoms with E-state index in [0.717, 1.165) is 36.5 Å². The van der Waals surface area contributed by atoms with Gasteiger partial charge in [0, 0.05) is 38.1 Å². The van der Waals surface area contributed by atoms with Crippen molar-refractivity contribution in [1.29, 1.82) is 0 Å². The number of nitrogens with zero attached hydrogens (tertiary/aromatic N) is 1. The maximum atomic E-state index is 11.8. The molecule has 1 aliphatic heterocycles. The lowest BCUT2D eigenvalue weighted by molar-refractivity contribution is -0.137. The number of pyridine rings is 1. The van der Waals surface area contributed by atoms with Crippen LogP contribution in [0.25, 0.3) is 0 Å². The second kappa shape index (κ2) is 8.55. The molecule has 1 aromatic heterocycles. The van der Waals surface area contributed by atoms with E-state index in [2.05, 4.69) is 10.2 Å². The molecular weight excluding hydrogens is 347 g/mol. The second-order valence-electron chi connectivity index (χ2n) is 5.73. The summed E-state index contributed by atoms with van der Waals surface area (Å²) >= 11 is 0. The number of hydrogen-bond donors (Lipinski definition) is 2. The van der Waals surface area contributed by atoms with Gasteiger partial charge < -0.3 is 15.2 Å². The molecule has 1 fully saturated rings. The lowest BCUT2D eigenvalue weighted by Crippen LogP contribution is -2.24. The minimum atomic E-state index is -4.38. The Labute approximate surface area is 148 Å². The summed E-state index contributed by atoms with van der Waals surface area (Å²) in [6.07, 6.45) is -1.29. The number of alkyl halides is 3. The molecule has 2 aromatic rings. The molecule has 1 aliphatic rings. The highest BCUT2D eigenvalue weighted by Crippen LogP contribution is 2.27. The number of rotatable bonds is 2. The van der Waals surface area contributed by atoms with Crippen LogP contribution in [0.3, 0.4) is 0 Å². The predicted molar refractivity (Wildman–Crippen MR) is 93.3 cm³/mol. The highest BCUT2D eigenvalue weighted by atomic mass is 19.4. The summed E-state index contributed by atoms with van der Waals surface area (Å²) in [5, 5.41) is 2.68. The molecule has 1 saturated heterocycles. The molecule has 0 spiro atoms. The summed E-state index contributed by atoms with van der Waals surface area (Å²) in [5.41, 5.74) is 0.450. The predicted octanol–water partition coefficient (Wildman–Crippen LogP) is 3.04. The molecule has 1 aromatic carbocycles. The topological polar surface area (TPSA) is 65.2 Å². The zero-order chi connectivity index (χ0) is 19.2. The standard InChI is InChI=1S/C12H16N2O.C6H4F3NO/c1-13-12(15)10-6-2-3-7-11(10)14-8-4-5-9-14;7-6(8,9)4-1-2-5(11)10-3-4/h2-3,6-7H,4-5,8-9H2,1H3,(H,13,15);1-3H,(H,10,11). The molecule has 0 aliphatic carbocycles. The van der Waals surface area contributed by atoms with Gasteiger partial charge in [-0.15, -0.1) is 0 Å². The Bertz CT molecular complexity index is 776. The lowest BCUT2D eigenvalue weighted by Gasteiger charge is -2.20. The molecule has 2 heterocycles. The normalized spacial score (nSPS) is 13.8. The average molecular weight is 367 g/mol. The van der Waals surface area contributed by atoms with Crippen molar-refractivity contribution >= 4 is 11.6 Å². The molecule has 0 saturated carbocycles. The van der Waals surface area contributed by atoms with E-state index in [1.54, 1.807) is 7.05 Å². The molecule has 0 unspecified atom stereocenters. The van der Waals surface area contributed by atoms with Crippen molar-refractivity contribution in [2.75, 3.05) is 25.0 Å². The first-order valence-electron chi connectivity index (χ1n) is 8.15. The number of anilines is 1. The van der Waals surface area contributed by atoms with Gasteiger partial charge in [0.05, 0.1) is 11.1 Å². The Kier molecular flexibility index (Phi) is 6.43. The molecule has 0 radical (unpaired) electrons. The van der Waals surface area contributed by atoms with E-state index in [4.69, 9.17) is 0 Å². The minimum absolute atomic E-state index is 0.00231. The third kappa shape index (κ3) is 5.11. The average Bonchev–Trinajstić information content (AvgIpc) is 3.16. The van der Waals surface area contributed by atoms with Gasteiger partial charge in [-0.05, 0) is 31.0 Å². The Balaban J connectivity index is 0.000000197. The lowest BCUT2D eigenvalue weighted by atomic mass is 10.1. The molecule has 1 amide bonds. The number of hydrogen-bond acceptors (Lipinski definition) is 3. The molecule has 2 N–H and O–H groups in total. The van der Waals surface area contributed by atoms with Crippen LogP contribution in [-0.4, -0.2) is 31.0 Å². The van der Waals surface area contributed by atoms with Gasteiger partial charge in [-0.2, -0.15) is 13.2 Å². The van der Waals surface area contributed by atoms with Gasteiger partial charge >= 0.3 is 6.18 Å². The van der Waals surface area contributed by atoms with E-state index in [1.165, 1.54) is 12.8 Å². The first-order valence-corrected chi connectivity index (χ1v) is 8.15. The van der Waals surface area contributed by atoms with Crippen LogP contribution in [0.2, 0.25) is 0 Å². The quantitative estimate of drug-likeness (QED) is 0.858. The van der Waals surface area contributed by atoms with E-state index in [0.29, 0.717) is 6.20 Å². The number of halogens is 3. The number of nitrogens with one attached hydrogen (secondary N) is 2. The Morgan fingerprint density at radius 1 is 1.12 bits per heavy atom. The molecule has 8 heteroatoms. The van der Waals surface area contributed by atoms with E-state index in [9.17, 15) is 22.8 Å². The summed E-state index contributed by atoms with van der Waals surface area (Å²) in [5.74, 6) is -0.00231. The molecule has 0 bridgehead atoms. The number of benzene rings is 1. The zero-order valence-electron chi connectivity index (χ0n) is 14.3. The number of carbonyl (C=O) groups is 1. The van der Waals surface area contributed by atoms with Crippen molar-refractivity contribution in [3.05, 3.63) is 64.1 Å². The number of carbonyl (C=O) groups excluding carboxylic acids is 1. The van der Waals surface area contributed by atoms with Gasteiger partial charge in [0.1, 0.15) is 0 Å². The number of aromatic nitrogens is 1. The highest BCUT2D eigenvalue weighted by Gasteiger charge is 2.30. The van der Waals surface area contributed by atoms with Crippen LogP contribution in [0, 0.1) is 0 Å². The van der Waals surface area contributed by atoms with Crippen LogP contribution < -0.4 is 15.8 Å². The van der Waals surface area contributed by atoms with Crippen molar-refractivity contribution in [2.45, 2.75) is 19.0 Å². The fourth-order valence-electron chi connectivity index (χ4n) is 2.62. The smallest absolute Gasteiger partial charge is 0.371 e. The fourth-order valence-corrected chi connectivity index (χ4v) is 2.62. The summed E-state index contributed by atoms with van der Waals surface area (Å²) in [4.78, 5) is 26.2. The molecular formula is C18H20F3N3O2. The summed E-state index contributed by atoms with van der Waals surface area (Å²) in [6.45, 7) is 2.13. The maximum Gasteiger partial charge on any atom is 0.417 e. The van der Waals surface area contributed by atoms with Crippen LogP contribution in [-0.2, 0) is 6.18 Å². The van der Waals surface area contributed by atoms with E-state index in [1.807, 2.05) is 29.2 Å². The fraction of sp³-hybridized carbons (Fsp3) is 0.333. The monoisotopic (exact) mass is 367 g/mol. The summed E-state index contributed by atoms with van der Waals surface area (Å²) < 4.78 is 35.4. The van der Waals surface area contributed by atoms with Crippen molar-refractivity contribution < 1.29 is 18.0 Å². The number of H-pyrrole nitrogens is 1. The van der Waals surface area contributed by atoms with Gasteiger partial charge in [0.25, 0.3) is 5.91 Å². The van der Waals surface area contributed by atoms with Gasteiger partial charge in [0.2, 0.25) is 5.56 Å². The zero-order valence-corrected chi connectivity index (χ0v) is 14.3. The van der Waals surface area contributed by atoms with Crippen LogP contribution in [0.4, 0.5) is 18.9 Å². The first kappa shape index (κ1) is 19.6. The molecule has 0 atom stereocenters. The van der Waals surface area contributed by atoms with Gasteiger partial charge in [-0.3, -0.25) is 9.59 Å². The molecule has 5 nitrogen and oxygen atoms in total. The Hall–Kier alpha value is -2.77. The minimum Gasteiger partial charge on any atom is -0.371 e.